The normalized spacial score (nSPS) is 11.5. The highest BCUT2D eigenvalue weighted by molar-refractivity contribution is 5.95. The van der Waals surface area contributed by atoms with E-state index in [1.54, 1.807) is 12.1 Å². The maximum atomic E-state index is 12.2. The summed E-state index contributed by atoms with van der Waals surface area (Å²) in [5, 5.41) is 6.33. The van der Waals surface area contributed by atoms with E-state index in [-0.39, 0.29) is 11.4 Å². The summed E-state index contributed by atoms with van der Waals surface area (Å²) in [6, 6.07) is 13.6. The molecule has 0 aliphatic rings. The van der Waals surface area contributed by atoms with E-state index in [2.05, 4.69) is 31.4 Å². The van der Waals surface area contributed by atoms with Gasteiger partial charge in [-0.2, -0.15) is 0 Å². The summed E-state index contributed by atoms with van der Waals surface area (Å²) in [6.07, 6.45) is 1.88. The first-order chi connectivity index (χ1) is 12.4. The van der Waals surface area contributed by atoms with Crippen LogP contribution in [0.3, 0.4) is 0 Å². The van der Waals surface area contributed by atoms with Crippen molar-refractivity contribution in [1.82, 2.24) is 14.7 Å². The fourth-order valence-electron chi connectivity index (χ4n) is 2.75. The Balaban J connectivity index is 2.10. The number of nitrogens with two attached hydrogens (primary N) is 1. The molecule has 4 N–H and O–H groups in total. The smallest absolute Gasteiger partial charge is 0.251 e. The molecule has 136 valence electrons. The quantitative estimate of drug-likeness (QED) is 0.660. The van der Waals surface area contributed by atoms with Crippen LogP contribution in [0.25, 0.3) is 16.9 Å². The SMILES string of the molecule is CC(C)(C)Nc1c(-c2ccccc2)nc2cc(C(=O)NCCN)ccn12. The lowest BCUT2D eigenvalue weighted by Gasteiger charge is -2.22. The Bertz CT molecular complexity index is 909. The van der Waals surface area contributed by atoms with Crippen molar-refractivity contribution in [3.05, 3.63) is 54.2 Å². The minimum Gasteiger partial charge on any atom is -0.365 e. The third kappa shape index (κ3) is 3.86. The van der Waals surface area contributed by atoms with Gasteiger partial charge >= 0.3 is 0 Å². The standard InChI is InChI=1S/C20H25N5O/c1-20(2,3)24-18-17(14-7-5-4-6-8-14)23-16-13-15(9-12-25(16)18)19(26)22-11-10-21/h4-9,12-13,24H,10-11,21H2,1-3H3,(H,22,26). The molecule has 1 amide bonds. The lowest BCUT2D eigenvalue weighted by molar-refractivity contribution is 0.0954. The van der Waals surface area contributed by atoms with E-state index in [0.29, 0.717) is 18.7 Å². The zero-order valence-electron chi connectivity index (χ0n) is 15.4. The minimum absolute atomic E-state index is 0.128. The zero-order chi connectivity index (χ0) is 18.7. The molecule has 0 fully saturated rings. The van der Waals surface area contributed by atoms with Gasteiger partial charge in [0.25, 0.3) is 5.91 Å². The van der Waals surface area contributed by atoms with Gasteiger partial charge < -0.3 is 16.4 Å². The molecule has 6 nitrogen and oxygen atoms in total. The lowest BCUT2D eigenvalue weighted by atomic mass is 10.1. The summed E-state index contributed by atoms with van der Waals surface area (Å²) in [5.74, 6) is 0.764. The van der Waals surface area contributed by atoms with E-state index in [4.69, 9.17) is 10.7 Å². The predicted octanol–water partition coefficient (Wildman–Crippen LogP) is 2.90. The van der Waals surface area contributed by atoms with Crippen molar-refractivity contribution >= 4 is 17.4 Å². The molecule has 6 heteroatoms. The third-order valence-corrected chi connectivity index (χ3v) is 3.86. The molecule has 3 aromatic rings. The molecule has 0 bridgehead atoms. The van der Waals surface area contributed by atoms with Gasteiger partial charge in [0.1, 0.15) is 17.2 Å². The largest absolute Gasteiger partial charge is 0.365 e. The molecular weight excluding hydrogens is 326 g/mol. The summed E-state index contributed by atoms with van der Waals surface area (Å²) in [4.78, 5) is 17.0. The Labute approximate surface area is 153 Å². The Morgan fingerprint density at radius 1 is 1.19 bits per heavy atom. The van der Waals surface area contributed by atoms with Crippen molar-refractivity contribution in [3.63, 3.8) is 0 Å². The van der Waals surface area contributed by atoms with Crippen LogP contribution in [-0.2, 0) is 0 Å². The molecule has 0 radical (unpaired) electrons. The van der Waals surface area contributed by atoms with Gasteiger partial charge in [0, 0.05) is 36.0 Å². The van der Waals surface area contributed by atoms with Crippen molar-refractivity contribution < 1.29 is 4.79 Å². The van der Waals surface area contributed by atoms with Crippen LogP contribution in [0.5, 0.6) is 0 Å². The lowest BCUT2D eigenvalue weighted by Crippen LogP contribution is -2.29. The van der Waals surface area contributed by atoms with Crippen LogP contribution >= 0.6 is 0 Å². The summed E-state index contributed by atoms with van der Waals surface area (Å²) in [7, 11) is 0. The zero-order valence-corrected chi connectivity index (χ0v) is 15.4. The molecule has 26 heavy (non-hydrogen) atoms. The summed E-state index contributed by atoms with van der Waals surface area (Å²) in [5.41, 5.74) is 8.50. The molecule has 2 heterocycles. The number of nitrogens with zero attached hydrogens (tertiary/aromatic N) is 2. The number of aromatic nitrogens is 2. The summed E-state index contributed by atoms with van der Waals surface area (Å²) < 4.78 is 1.98. The number of nitrogens with one attached hydrogen (secondary N) is 2. The van der Waals surface area contributed by atoms with E-state index in [0.717, 1.165) is 22.7 Å². The van der Waals surface area contributed by atoms with Gasteiger partial charge in [-0.1, -0.05) is 30.3 Å². The average molecular weight is 351 g/mol. The van der Waals surface area contributed by atoms with Crippen LogP contribution in [0.15, 0.2) is 48.7 Å². The van der Waals surface area contributed by atoms with E-state index in [1.807, 2.05) is 40.9 Å². The second-order valence-electron chi connectivity index (χ2n) is 7.24. The highest BCUT2D eigenvalue weighted by Crippen LogP contribution is 2.30. The topological polar surface area (TPSA) is 84.5 Å². The Morgan fingerprint density at radius 2 is 1.92 bits per heavy atom. The Kier molecular flexibility index (Phi) is 4.95. The number of pyridine rings is 1. The molecule has 0 aliphatic carbocycles. The van der Waals surface area contributed by atoms with Gasteiger partial charge in [-0.3, -0.25) is 9.20 Å². The number of fused-ring (bicyclic) bond motifs is 1. The number of imidazole rings is 1. The second kappa shape index (κ2) is 7.17. The van der Waals surface area contributed by atoms with Gasteiger partial charge in [-0.05, 0) is 32.9 Å². The molecular formula is C20H25N5O. The number of benzene rings is 1. The highest BCUT2D eigenvalue weighted by Gasteiger charge is 2.20. The monoisotopic (exact) mass is 351 g/mol. The van der Waals surface area contributed by atoms with Crippen molar-refractivity contribution in [2.24, 2.45) is 5.73 Å². The van der Waals surface area contributed by atoms with E-state index < -0.39 is 0 Å². The molecule has 1 aromatic carbocycles. The number of carbonyl (C=O) groups is 1. The van der Waals surface area contributed by atoms with Gasteiger partial charge in [-0.25, -0.2) is 4.98 Å². The molecule has 0 saturated heterocycles. The fraction of sp³-hybridized carbons (Fsp3) is 0.300. The maximum Gasteiger partial charge on any atom is 0.251 e. The number of carbonyl (C=O) groups excluding carboxylic acids is 1. The van der Waals surface area contributed by atoms with Crippen LogP contribution < -0.4 is 16.4 Å². The van der Waals surface area contributed by atoms with Crippen LogP contribution in [0, 0.1) is 0 Å². The molecule has 0 spiro atoms. The van der Waals surface area contributed by atoms with Crippen LogP contribution in [0.1, 0.15) is 31.1 Å². The molecule has 3 rings (SSSR count). The number of hydrogen-bond donors (Lipinski definition) is 3. The van der Waals surface area contributed by atoms with Crippen molar-refractivity contribution in [1.29, 1.82) is 0 Å². The number of rotatable bonds is 5. The van der Waals surface area contributed by atoms with E-state index in [1.165, 1.54) is 0 Å². The summed E-state index contributed by atoms with van der Waals surface area (Å²) in [6.45, 7) is 7.18. The average Bonchev–Trinajstić information content (AvgIpc) is 2.96. The Hall–Kier alpha value is -2.86. The van der Waals surface area contributed by atoms with Gasteiger partial charge in [-0.15, -0.1) is 0 Å². The van der Waals surface area contributed by atoms with Crippen LogP contribution in [0.2, 0.25) is 0 Å². The molecule has 2 aromatic heterocycles. The van der Waals surface area contributed by atoms with Crippen LogP contribution in [-0.4, -0.2) is 33.9 Å². The van der Waals surface area contributed by atoms with Gasteiger partial charge in [0.15, 0.2) is 0 Å². The molecule has 0 unspecified atom stereocenters. The molecule has 0 atom stereocenters. The number of amides is 1. The predicted molar refractivity (Wildman–Crippen MR) is 105 cm³/mol. The number of anilines is 1. The van der Waals surface area contributed by atoms with Crippen LogP contribution in [0.4, 0.5) is 5.82 Å². The highest BCUT2D eigenvalue weighted by atomic mass is 16.1. The van der Waals surface area contributed by atoms with Gasteiger partial charge in [0.05, 0.1) is 0 Å². The first-order valence-corrected chi connectivity index (χ1v) is 8.73. The van der Waals surface area contributed by atoms with E-state index >= 15 is 0 Å². The second-order valence-corrected chi connectivity index (χ2v) is 7.24. The van der Waals surface area contributed by atoms with Crippen molar-refractivity contribution in [2.75, 3.05) is 18.4 Å². The first-order valence-electron chi connectivity index (χ1n) is 8.73. The third-order valence-electron chi connectivity index (χ3n) is 3.86. The fourth-order valence-corrected chi connectivity index (χ4v) is 2.75. The molecule has 0 saturated carbocycles. The first kappa shape index (κ1) is 17.9. The van der Waals surface area contributed by atoms with Crippen molar-refractivity contribution in [2.45, 2.75) is 26.3 Å². The van der Waals surface area contributed by atoms with Gasteiger partial charge in [0.2, 0.25) is 0 Å². The maximum absolute atomic E-state index is 12.2. The Morgan fingerprint density at radius 3 is 2.58 bits per heavy atom. The van der Waals surface area contributed by atoms with E-state index in [9.17, 15) is 4.79 Å². The number of hydrogen-bond acceptors (Lipinski definition) is 4. The summed E-state index contributed by atoms with van der Waals surface area (Å²) >= 11 is 0. The molecule has 0 aliphatic heterocycles. The minimum atomic E-state index is -0.146. The van der Waals surface area contributed by atoms with Crippen molar-refractivity contribution in [3.8, 4) is 11.3 Å².